The molecule has 0 fully saturated rings. The number of amides is 1. The lowest BCUT2D eigenvalue weighted by molar-refractivity contribution is -0.116. The minimum absolute atomic E-state index is 0.0316. The number of hydrogen-bond acceptors (Lipinski definition) is 2. The minimum atomic E-state index is -1.70. The molecule has 0 unspecified atom stereocenters. The summed E-state index contributed by atoms with van der Waals surface area (Å²) in [6, 6.07) is 6.49. The molecule has 1 N–H and O–H groups in total. The van der Waals surface area contributed by atoms with Crippen molar-refractivity contribution in [2.75, 3.05) is 11.4 Å². The third-order valence-corrected chi connectivity index (χ3v) is 2.63. The van der Waals surface area contributed by atoms with Crippen LogP contribution in [0, 0.1) is 0 Å². The highest BCUT2D eigenvalue weighted by Crippen LogP contribution is 2.29. The van der Waals surface area contributed by atoms with Crippen molar-refractivity contribution in [2.24, 2.45) is 0 Å². The summed E-state index contributed by atoms with van der Waals surface area (Å²) in [5.41, 5.74) is 1.18. The zero-order valence-electron chi connectivity index (χ0n) is 10.1. The van der Waals surface area contributed by atoms with Crippen molar-refractivity contribution in [1.82, 2.24) is 0 Å². The van der Waals surface area contributed by atoms with Crippen LogP contribution in [0.15, 0.2) is 24.3 Å². The molecule has 0 saturated carbocycles. The number of rotatable bonds is 4. The van der Waals surface area contributed by atoms with Crippen LogP contribution in [0.3, 0.4) is 0 Å². The van der Waals surface area contributed by atoms with Crippen LogP contribution in [-0.2, 0) is 11.2 Å². The van der Waals surface area contributed by atoms with E-state index in [4.69, 9.17) is 39.9 Å². The van der Waals surface area contributed by atoms with Gasteiger partial charge in [-0.1, -0.05) is 46.9 Å². The largest absolute Gasteiger partial charge is 0.465 e. The highest BCUT2D eigenvalue weighted by Gasteiger charge is 2.27. The van der Waals surface area contributed by atoms with Crippen molar-refractivity contribution in [3.8, 4) is 0 Å². The summed E-state index contributed by atoms with van der Waals surface area (Å²) in [7, 11) is 0. The molecule has 0 atom stereocenters. The summed E-state index contributed by atoms with van der Waals surface area (Å²) < 4.78 is -1.70. The molecule has 0 spiro atoms. The number of ketones is 1. The molecular formula is C12H12Cl3NO3. The van der Waals surface area contributed by atoms with Crippen molar-refractivity contribution in [3.63, 3.8) is 0 Å². The molecule has 0 saturated heterocycles. The molecule has 1 aromatic rings. The monoisotopic (exact) mass is 323 g/mol. The number of carboxylic acid groups (broad SMARTS) is 1. The fourth-order valence-electron chi connectivity index (χ4n) is 1.53. The summed E-state index contributed by atoms with van der Waals surface area (Å²) in [5.74, 6) is 0.0316. The Hall–Kier alpha value is -0.970. The predicted octanol–water partition coefficient (Wildman–Crippen LogP) is 3.67. The minimum Gasteiger partial charge on any atom is -0.465 e. The number of anilines is 1. The number of hydrogen-bond donors (Lipinski definition) is 1. The molecule has 19 heavy (non-hydrogen) atoms. The van der Waals surface area contributed by atoms with Crippen LogP contribution in [-0.4, -0.2) is 27.3 Å². The fourth-order valence-corrected chi connectivity index (χ4v) is 1.89. The van der Waals surface area contributed by atoms with E-state index in [9.17, 15) is 9.59 Å². The van der Waals surface area contributed by atoms with Crippen LogP contribution in [0.5, 0.6) is 0 Å². The zero-order chi connectivity index (χ0) is 14.6. The zero-order valence-corrected chi connectivity index (χ0v) is 12.3. The van der Waals surface area contributed by atoms with E-state index in [2.05, 4.69) is 0 Å². The third kappa shape index (κ3) is 5.68. The second-order valence-electron chi connectivity index (χ2n) is 4.03. The van der Waals surface area contributed by atoms with Crippen LogP contribution in [0.25, 0.3) is 0 Å². The Balaban J connectivity index is 2.92. The van der Waals surface area contributed by atoms with Crippen LogP contribution in [0.4, 0.5) is 10.5 Å². The first-order valence-electron chi connectivity index (χ1n) is 5.34. The lowest BCUT2D eigenvalue weighted by Gasteiger charge is -2.23. The van der Waals surface area contributed by atoms with E-state index >= 15 is 0 Å². The average molecular weight is 325 g/mol. The molecular weight excluding hydrogens is 312 g/mol. The maximum atomic E-state index is 11.1. The predicted molar refractivity (Wildman–Crippen MR) is 76.5 cm³/mol. The van der Waals surface area contributed by atoms with Gasteiger partial charge in [0, 0.05) is 12.1 Å². The van der Waals surface area contributed by atoms with E-state index in [1.165, 1.54) is 6.92 Å². The van der Waals surface area contributed by atoms with Gasteiger partial charge in [0.15, 0.2) is 0 Å². The van der Waals surface area contributed by atoms with Gasteiger partial charge in [0.1, 0.15) is 5.78 Å². The number of alkyl halides is 3. The van der Waals surface area contributed by atoms with Gasteiger partial charge in [0.2, 0.25) is 3.79 Å². The third-order valence-electron chi connectivity index (χ3n) is 2.27. The highest BCUT2D eigenvalue weighted by molar-refractivity contribution is 6.68. The van der Waals surface area contributed by atoms with E-state index < -0.39 is 9.89 Å². The topological polar surface area (TPSA) is 57.6 Å². The van der Waals surface area contributed by atoms with E-state index in [0.717, 1.165) is 10.5 Å². The first-order valence-corrected chi connectivity index (χ1v) is 6.48. The number of Topliss-reactive ketones (excluding diaryl/α,β-unsaturated/α-hetero) is 1. The number of carbonyl (C=O) groups is 2. The quantitative estimate of drug-likeness (QED) is 0.860. The molecule has 1 amide bonds. The first kappa shape index (κ1) is 16.1. The summed E-state index contributed by atoms with van der Waals surface area (Å²) in [4.78, 5) is 23.0. The SMILES string of the molecule is CC(=O)Cc1ccc(N(CC(Cl)(Cl)Cl)C(=O)O)cc1. The molecule has 4 nitrogen and oxygen atoms in total. The molecule has 0 aliphatic carbocycles. The Kier molecular flexibility index (Phi) is 5.47. The van der Waals surface area contributed by atoms with Gasteiger partial charge >= 0.3 is 6.09 Å². The molecule has 0 bridgehead atoms. The Labute approximate surface area is 125 Å². The molecule has 7 heteroatoms. The van der Waals surface area contributed by atoms with Gasteiger partial charge in [-0.25, -0.2) is 4.79 Å². The second-order valence-corrected chi connectivity index (χ2v) is 6.55. The lowest BCUT2D eigenvalue weighted by Crippen LogP contribution is -2.36. The smallest absolute Gasteiger partial charge is 0.411 e. The Morgan fingerprint density at radius 3 is 2.11 bits per heavy atom. The summed E-state index contributed by atoms with van der Waals surface area (Å²) in [5, 5.41) is 9.10. The molecule has 0 aliphatic rings. The molecule has 0 heterocycles. The molecule has 1 aromatic carbocycles. The van der Waals surface area contributed by atoms with Gasteiger partial charge in [-0.2, -0.15) is 0 Å². The maximum absolute atomic E-state index is 11.1. The van der Waals surface area contributed by atoms with Gasteiger partial charge in [0.05, 0.1) is 6.54 Å². The second kappa shape index (κ2) is 6.46. The van der Waals surface area contributed by atoms with E-state index in [-0.39, 0.29) is 12.3 Å². The Bertz CT molecular complexity index is 468. The summed E-state index contributed by atoms with van der Waals surface area (Å²) in [6.45, 7) is 1.21. The Morgan fingerprint density at radius 1 is 1.21 bits per heavy atom. The summed E-state index contributed by atoms with van der Waals surface area (Å²) in [6.07, 6.45) is -0.914. The molecule has 104 valence electrons. The molecule has 0 aliphatic heterocycles. The summed E-state index contributed by atoms with van der Waals surface area (Å²) >= 11 is 16.8. The van der Waals surface area contributed by atoms with Crippen LogP contribution >= 0.6 is 34.8 Å². The van der Waals surface area contributed by atoms with Crippen molar-refractivity contribution in [1.29, 1.82) is 0 Å². The Morgan fingerprint density at radius 2 is 1.74 bits per heavy atom. The molecule has 0 radical (unpaired) electrons. The van der Waals surface area contributed by atoms with Crippen molar-refractivity contribution in [2.45, 2.75) is 17.1 Å². The highest BCUT2D eigenvalue weighted by atomic mass is 35.6. The van der Waals surface area contributed by atoms with Gasteiger partial charge < -0.3 is 5.11 Å². The van der Waals surface area contributed by atoms with Crippen molar-refractivity contribution >= 4 is 52.4 Å². The fraction of sp³-hybridized carbons (Fsp3) is 0.333. The van der Waals surface area contributed by atoms with Gasteiger partial charge in [-0.05, 0) is 24.6 Å². The van der Waals surface area contributed by atoms with Gasteiger partial charge in [0.25, 0.3) is 0 Å². The van der Waals surface area contributed by atoms with Gasteiger partial charge in [-0.3, -0.25) is 9.69 Å². The number of nitrogens with zero attached hydrogens (tertiary/aromatic N) is 1. The lowest BCUT2D eigenvalue weighted by atomic mass is 10.1. The maximum Gasteiger partial charge on any atom is 0.411 e. The number of carbonyl (C=O) groups excluding carboxylic acids is 1. The van der Waals surface area contributed by atoms with Crippen LogP contribution < -0.4 is 4.90 Å². The standard InChI is InChI=1S/C12H12Cl3NO3/c1-8(17)6-9-2-4-10(5-3-9)16(11(18)19)7-12(13,14)15/h2-5H,6-7H2,1H3,(H,18,19). The van der Waals surface area contributed by atoms with Crippen molar-refractivity contribution in [3.05, 3.63) is 29.8 Å². The van der Waals surface area contributed by atoms with Crippen LogP contribution in [0.2, 0.25) is 0 Å². The molecule has 1 rings (SSSR count). The number of halogens is 3. The average Bonchev–Trinajstić information content (AvgIpc) is 2.25. The van der Waals surface area contributed by atoms with E-state index in [1.54, 1.807) is 24.3 Å². The number of benzene rings is 1. The van der Waals surface area contributed by atoms with E-state index in [1.807, 2.05) is 0 Å². The van der Waals surface area contributed by atoms with Gasteiger partial charge in [-0.15, -0.1) is 0 Å². The van der Waals surface area contributed by atoms with Crippen molar-refractivity contribution < 1.29 is 14.7 Å². The van der Waals surface area contributed by atoms with Crippen LogP contribution in [0.1, 0.15) is 12.5 Å². The molecule has 0 aromatic heterocycles. The van der Waals surface area contributed by atoms with E-state index in [0.29, 0.717) is 12.1 Å². The first-order chi connectivity index (χ1) is 8.69. The normalized spacial score (nSPS) is 11.2.